The predicted molar refractivity (Wildman–Crippen MR) is 75.8 cm³/mol. The fourth-order valence-corrected chi connectivity index (χ4v) is 4.10. The lowest BCUT2D eigenvalue weighted by atomic mass is 9.76. The Labute approximate surface area is 112 Å². The zero-order valence-electron chi connectivity index (χ0n) is 12.5. The van der Waals surface area contributed by atoms with E-state index in [4.69, 9.17) is 4.74 Å². The van der Waals surface area contributed by atoms with Crippen LogP contribution in [0.1, 0.15) is 39.5 Å². The molecule has 1 saturated heterocycles. The van der Waals surface area contributed by atoms with Gasteiger partial charge in [-0.1, -0.05) is 13.8 Å². The third-order valence-corrected chi connectivity index (χ3v) is 4.82. The SMILES string of the molecule is CNC1CC(C)CC(C)C1N(C)CC1CCCO1. The number of rotatable bonds is 4. The van der Waals surface area contributed by atoms with Gasteiger partial charge in [0.2, 0.25) is 0 Å². The Morgan fingerprint density at radius 1 is 1.28 bits per heavy atom. The fourth-order valence-electron chi connectivity index (χ4n) is 4.10. The van der Waals surface area contributed by atoms with Crippen LogP contribution in [0.5, 0.6) is 0 Å². The molecular formula is C15H30N2O. The first-order valence-electron chi connectivity index (χ1n) is 7.61. The zero-order valence-corrected chi connectivity index (χ0v) is 12.5. The Bertz CT molecular complexity index is 253. The number of nitrogens with one attached hydrogen (secondary N) is 1. The quantitative estimate of drug-likeness (QED) is 0.832. The Morgan fingerprint density at radius 2 is 2.06 bits per heavy atom. The molecule has 5 atom stereocenters. The summed E-state index contributed by atoms with van der Waals surface area (Å²) in [7, 11) is 4.39. The van der Waals surface area contributed by atoms with Crippen molar-refractivity contribution in [1.29, 1.82) is 0 Å². The van der Waals surface area contributed by atoms with Crippen LogP contribution in [0.2, 0.25) is 0 Å². The molecule has 0 aromatic rings. The maximum Gasteiger partial charge on any atom is 0.0702 e. The first-order chi connectivity index (χ1) is 8.61. The summed E-state index contributed by atoms with van der Waals surface area (Å²) in [5.41, 5.74) is 0. The molecule has 0 bridgehead atoms. The molecule has 1 heterocycles. The molecule has 2 rings (SSSR count). The average molecular weight is 254 g/mol. The summed E-state index contributed by atoms with van der Waals surface area (Å²) in [6, 6.07) is 1.30. The van der Waals surface area contributed by atoms with Crippen LogP contribution < -0.4 is 5.32 Å². The molecule has 5 unspecified atom stereocenters. The molecule has 3 heteroatoms. The molecule has 0 spiro atoms. The highest BCUT2D eigenvalue weighted by molar-refractivity contribution is 4.93. The summed E-state index contributed by atoms with van der Waals surface area (Å²) in [4.78, 5) is 2.55. The smallest absolute Gasteiger partial charge is 0.0702 e. The van der Waals surface area contributed by atoms with Gasteiger partial charge in [0, 0.05) is 25.2 Å². The summed E-state index contributed by atoms with van der Waals surface area (Å²) in [6.45, 7) is 6.86. The van der Waals surface area contributed by atoms with Gasteiger partial charge >= 0.3 is 0 Å². The molecule has 2 fully saturated rings. The van der Waals surface area contributed by atoms with E-state index in [-0.39, 0.29) is 0 Å². The summed E-state index contributed by atoms with van der Waals surface area (Å²) in [6.07, 6.45) is 5.62. The van der Waals surface area contributed by atoms with E-state index >= 15 is 0 Å². The van der Waals surface area contributed by atoms with Crippen LogP contribution in [-0.2, 0) is 4.74 Å². The van der Waals surface area contributed by atoms with Crippen molar-refractivity contribution in [1.82, 2.24) is 10.2 Å². The van der Waals surface area contributed by atoms with Gasteiger partial charge in [-0.25, -0.2) is 0 Å². The second-order valence-corrected chi connectivity index (χ2v) is 6.51. The van der Waals surface area contributed by atoms with Gasteiger partial charge < -0.3 is 10.1 Å². The molecule has 0 aromatic heterocycles. The second kappa shape index (κ2) is 6.36. The highest BCUT2D eigenvalue weighted by Crippen LogP contribution is 2.32. The largest absolute Gasteiger partial charge is 0.377 e. The van der Waals surface area contributed by atoms with Crippen molar-refractivity contribution in [3.8, 4) is 0 Å². The molecule has 3 nitrogen and oxygen atoms in total. The highest BCUT2D eigenvalue weighted by atomic mass is 16.5. The van der Waals surface area contributed by atoms with E-state index in [0.29, 0.717) is 18.2 Å². The van der Waals surface area contributed by atoms with Gasteiger partial charge in [0.05, 0.1) is 6.10 Å². The first-order valence-corrected chi connectivity index (χ1v) is 7.61. The maximum atomic E-state index is 5.78. The molecule has 106 valence electrons. The second-order valence-electron chi connectivity index (χ2n) is 6.51. The minimum Gasteiger partial charge on any atom is -0.377 e. The van der Waals surface area contributed by atoms with Crippen LogP contribution in [0.25, 0.3) is 0 Å². The Morgan fingerprint density at radius 3 is 2.67 bits per heavy atom. The number of ether oxygens (including phenoxy) is 1. The highest BCUT2D eigenvalue weighted by Gasteiger charge is 2.36. The van der Waals surface area contributed by atoms with Gasteiger partial charge in [-0.3, -0.25) is 4.90 Å². The Hall–Kier alpha value is -0.120. The monoisotopic (exact) mass is 254 g/mol. The van der Waals surface area contributed by atoms with Gasteiger partial charge in [0.25, 0.3) is 0 Å². The van der Waals surface area contributed by atoms with Gasteiger partial charge in [-0.2, -0.15) is 0 Å². The molecular weight excluding hydrogens is 224 g/mol. The van der Waals surface area contributed by atoms with E-state index in [9.17, 15) is 0 Å². The van der Waals surface area contributed by atoms with E-state index in [0.717, 1.165) is 25.0 Å². The van der Waals surface area contributed by atoms with Gasteiger partial charge in [0.1, 0.15) is 0 Å². The van der Waals surface area contributed by atoms with Crippen molar-refractivity contribution >= 4 is 0 Å². The third kappa shape index (κ3) is 3.25. The van der Waals surface area contributed by atoms with Crippen LogP contribution in [0.4, 0.5) is 0 Å². The number of nitrogens with zero attached hydrogens (tertiary/aromatic N) is 1. The van der Waals surface area contributed by atoms with Crippen molar-refractivity contribution in [3.63, 3.8) is 0 Å². The van der Waals surface area contributed by atoms with E-state index in [1.54, 1.807) is 0 Å². The molecule has 0 aromatic carbocycles. The lowest BCUT2D eigenvalue weighted by Gasteiger charge is -2.45. The first kappa shape index (κ1) is 14.3. The molecule has 0 radical (unpaired) electrons. The van der Waals surface area contributed by atoms with E-state index in [1.807, 2.05) is 0 Å². The van der Waals surface area contributed by atoms with Crippen LogP contribution >= 0.6 is 0 Å². The van der Waals surface area contributed by atoms with Crippen LogP contribution in [0.3, 0.4) is 0 Å². The third-order valence-electron chi connectivity index (χ3n) is 4.82. The average Bonchev–Trinajstić information content (AvgIpc) is 2.80. The van der Waals surface area contributed by atoms with Crippen LogP contribution in [-0.4, -0.2) is 50.3 Å². The molecule has 1 aliphatic heterocycles. The van der Waals surface area contributed by atoms with E-state index < -0.39 is 0 Å². The minimum atomic E-state index is 0.471. The van der Waals surface area contributed by atoms with Crippen molar-refractivity contribution in [2.75, 3.05) is 27.2 Å². The summed E-state index contributed by atoms with van der Waals surface area (Å²) in [5, 5.41) is 3.54. The lowest BCUT2D eigenvalue weighted by molar-refractivity contribution is 0.0294. The maximum absolute atomic E-state index is 5.78. The van der Waals surface area contributed by atoms with Crippen molar-refractivity contribution in [3.05, 3.63) is 0 Å². The van der Waals surface area contributed by atoms with Crippen molar-refractivity contribution < 1.29 is 4.74 Å². The number of likely N-dealkylation sites (N-methyl/N-ethyl adjacent to an activating group) is 2. The minimum absolute atomic E-state index is 0.471. The van der Waals surface area contributed by atoms with Gasteiger partial charge in [0.15, 0.2) is 0 Å². The fraction of sp³-hybridized carbons (Fsp3) is 1.00. The zero-order chi connectivity index (χ0) is 13.1. The normalized spacial score (nSPS) is 41.5. The van der Waals surface area contributed by atoms with E-state index in [2.05, 4.69) is 38.2 Å². The summed E-state index contributed by atoms with van der Waals surface area (Å²) >= 11 is 0. The topological polar surface area (TPSA) is 24.5 Å². The lowest BCUT2D eigenvalue weighted by Crippen LogP contribution is -2.55. The Balaban J connectivity index is 1.94. The molecule has 18 heavy (non-hydrogen) atoms. The molecule has 2 aliphatic rings. The standard InChI is InChI=1S/C15H30N2O/c1-11-8-12(2)15(14(9-11)16-3)17(4)10-13-6-5-7-18-13/h11-16H,5-10H2,1-4H3. The van der Waals surface area contributed by atoms with Crippen molar-refractivity contribution in [2.24, 2.45) is 11.8 Å². The molecule has 1 N–H and O–H groups in total. The van der Waals surface area contributed by atoms with E-state index in [1.165, 1.54) is 25.7 Å². The molecule has 0 amide bonds. The van der Waals surface area contributed by atoms with Crippen LogP contribution in [0.15, 0.2) is 0 Å². The molecule has 1 saturated carbocycles. The summed E-state index contributed by atoms with van der Waals surface area (Å²) < 4.78 is 5.78. The molecule has 1 aliphatic carbocycles. The number of hydrogen-bond donors (Lipinski definition) is 1. The van der Waals surface area contributed by atoms with Gasteiger partial charge in [-0.05, 0) is 51.6 Å². The predicted octanol–water partition coefficient (Wildman–Crippen LogP) is 2.12. The summed E-state index contributed by atoms with van der Waals surface area (Å²) in [5.74, 6) is 1.63. The van der Waals surface area contributed by atoms with Gasteiger partial charge in [-0.15, -0.1) is 0 Å². The number of hydrogen-bond acceptors (Lipinski definition) is 3. The van der Waals surface area contributed by atoms with Crippen LogP contribution in [0, 0.1) is 11.8 Å². The van der Waals surface area contributed by atoms with Crippen molar-refractivity contribution in [2.45, 2.75) is 57.7 Å². The Kier molecular flexibility index (Phi) is 5.05.